The fraction of sp³-hybridized carbons (Fsp3) is 0. The van der Waals surface area contributed by atoms with Crippen LogP contribution in [0, 0.1) is 0 Å². The number of hydrogen-bond donors (Lipinski definition) is 0. The number of fused-ring (bicyclic) bond motifs is 6. The molecule has 0 aliphatic rings. The van der Waals surface area contributed by atoms with Gasteiger partial charge in [-0.15, -0.1) is 0 Å². The lowest BCUT2D eigenvalue weighted by Gasteiger charge is -2.11. The lowest BCUT2D eigenvalue weighted by atomic mass is 10.0. The molecule has 11 aromatic rings. The first-order valence-corrected chi connectivity index (χ1v) is 18.8. The molecule has 8 aromatic carbocycles. The minimum atomic E-state index is 0.621. The van der Waals surface area contributed by atoms with Gasteiger partial charge in [0.05, 0.1) is 11.0 Å². The number of aromatic nitrogens is 4. The van der Waals surface area contributed by atoms with Crippen LogP contribution in [0.3, 0.4) is 0 Å². The summed E-state index contributed by atoms with van der Waals surface area (Å²) in [4.78, 5) is 15.0. The minimum absolute atomic E-state index is 0.621. The monoisotopic (exact) mass is 716 g/mol. The molecule has 0 saturated carbocycles. The summed E-state index contributed by atoms with van der Waals surface area (Å²) in [6.07, 6.45) is 0. The van der Waals surface area contributed by atoms with Gasteiger partial charge in [0.15, 0.2) is 17.5 Å². The van der Waals surface area contributed by atoms with E-state index in [0.717, 1.165) is 72.0 Å². The molecule has 0 unspecified atom stereocenters. The number of rotatable bonds is 6. The first-order chi connectivity index (χ1) is 27.7. The fourth-order valence-electron chi connectivity index (χ4n) is 7.94. The van der Waals surface area contributed by atoms with Crippen molar-refractivity contribution in [2.75, 3.05) is 0 Å². The molecule has 0 N–H and O–H groups in total. The molecule has 0 radical (unpaired) electrons. The molecule has 0 spiro atoms. The van der Waals surface area contributed by atoms with Crippen LogP contribution in [0.25, 0.3) is 106 Å². The van der Waals surface area contributed by atoms with Gasteiger partial charge < -0.3 is 8.98 Å². The average molecular weight is 717 g/mol. The molecule has 0 aliphatic heterocycles. The molecule has 0 aliphatic carbocycles. The summed E-state index contributed by atoms with van der Waals surface area (Å²) in [5.74, 6) is 1.89. The Morgan fingerprint density at radius 2 is 0.839 bits per heavy atom. The quantitative estimate of drug-likeness (QED) is 0.172. The van der Waals surface area contributed by atoms with Crippen LogP contribution in [0.2, 0.25) is 0 Å². The lowest BCUT2D eigenvalue weighted by Crippen LogP contribution is -2.00. The molecule has 5 nitrogen and oxygen atoms in total. The molecule has 11 rings (SSSR count). The second-order valence-electron chi connectivity index (χ2n) is 14.0. The molecule has 3 aromatic heterocycles. The molecule has 0 saturated heterocycles. The highest BCUT2D eigenvalue weighted by Gasteiger charge is 2.18. The summed E-state index contributed by atoms with van der Waals surface area (Å²) in [6, 6.07) is 67.5. The van der Waals surface area contributed by atoms with Gasteiger partial charge in [-0.1, -0.05) is 152 Å². The number of nitrogens with zero attached hydrogens (tertiary/aromatic N) is 4. The zero-order valence-electron chi connectivity index (χ0n) is 30.2. The van der Waals surface area contributed by atoms with Crippen LogP contribution in [0.4, 0.5) is 0 Å². The van der Waals surface area contributed by atoms with E-state index in [1.54, 1.807) is 0 Å². The largest absolute Gasteiger partial charge is 0.455 e. The maximum atomic E-state index is 6.45. The van der Waals surface area contributed by atoms with E-state index in [0.29, 0.717) is 17.5 Å². The van der Waals surface area contributed by atoms with Crippen LogP contribution in [0.5, 0.6) is 0 Å². The van der Waals surface area contributed by atoms with Crippen molar-refractivity contribution in [1.82, 2.24) is 19.5 Å². The third kappa shape index (κ3) is 5.37. The molecule has 0 bridgehead atoms. The molecule has 0 atom stereocenters. The van der Waals surface area contributed by atoms with Crippen LogP contribution < -0.4 is 0 Å². The summed E-state index contributed by atoms with van der Waals surface area (Å²) in [6.45, 7) is 0. The summed E-state index contributed by atoms with van der Waals surface area (Å²) < 4.78 is 8.80. The summed E-state index contributed by atoms with van der Waals surface area (Å²) >= 11 is 0. The fourth-order valence-corrected chi connectivity index (χ4v) is 7.94. The van der Waals surface area contributed by atoms with E-state index < -0.39 is 0 Å². The predicted molar refractivity (Wildman–Crippen MR) is 229 cm³/mol. The zero-order chi connectivity index (χ0) is 37.0. The van der Waals surface area contributed by atoms with Crippen molar-refractivity contribution >= 4 is 43.7 Å². The standard InChI is InChI=1S/C51H32N4O/c1-3-12-33(13-4-1)34-22-24-36(25-23-34)50-52-49(35-14-5-2-6-15-35)53-51(54-50)37-26-29-39(30-27-37)55-45-20-9-7-16-41(45)42-31-28-38(32-46(42)55)40-18-11-19-44-43-17-8-10-21-47(43)56-48(40)44/h1-32H. The van der Waals surface area contributed by atoms with Crippen molar-refractivity contribution in [2.45, 2.75) is 0 Å². The van der Waals surface area contributed by atoms with Gasteiger partial charge in [-0.25, -0.2) is 15.0 Å². The topological polar surface area (TPSA) is 56.7 Å². The smallest absolute Gasteiger partial charge is 0.164 e. The Kier molecular flexibility index (Phi) is 7.42. The minimum Gasteiger partial charge on any atom is -0.455 e. The van der Waals surface area contributed by atoms with Crippen LogP contribution in [-0.4, -0.2) is 19.5 Å². The number of hydrogen-bond acceptors (Lipinski definition) is 4. The van der Waals surface area contributed by atoms with Gasteiger partial charge in [-0.05, 0) is 59.2 Å². The molecule has 262 valence electrons. The molecule has 0 amide bonds. The van der Waals surface area contributed by atoms with E-state index in [1.807, 2.05) is 48.5 Å². The number of para-hydroxylation sites is 3. The first kappa shape index (κ1) is 31.9. The number of furan rings is 1. The predicted octanol–water partition coefficient (Wildman–Crippen LogP) is 13.2. The van der Waals surface area contributed by atoms with Crippen LogP contribution in [0.15, 0.2) is 199 Å². The second kappa shape index (κ2) is 13.0. The van der Waals surface area contributed by atoms with E-state index in [1.165, 1.54) is 16.3 Å². The molecule has 56 heavy (non-hydrogen) atoms. The van der Waals surface area contributed by atoms with Crippen molar-refractivity contribution in [3.63, 3.8) is 0 Å². The zero-order valence-corrected chi connectivity index (χ0v) is 30.2. The molecule has 3 heterocycles. The maximum Gasteiger partial charge on any atom is 0.164 e. The normalized spacial score (nSPS) is 11.6. The molecular weight excluding hydrogens is 685 g/mol. The highest BCUT2D eigenvalue weighted by atomic mass is 16.3. The van der Waals surface area contributed by atoms with Crippen molar-refractivity contribution in [3.8, 4) is 62.1 Å². The van der Waals surface area contributed by atoms with E-state index in [2.05, 4.69) is 150 Å². The summed E-state index contributed by atoms with van der Waals surface area (Å²) in [5, 5.41) is 4.64. The van der Waals surface area contributed by atoms with E-state index in [-0.39, 0.29) is 0 Å². The van der Waals surface area contributed by atoms with Gasteiger partial charge in [0.25, 0.3) is 0 Å². The van der Waals surface area contributed by atoms with E-state index in [9.17, 15) is 0 Å². The third-order valence-electron chi connectivity index (χ3n) is 10.7. The van der Waals surface area contributed by atoms with Crippen LogP contribution >= 0.6 is 0 Å². The van der Waals surface area contributed by atoms with Crippen molar-refractivity contribution in [1.29, 1.82) is 0 Å². The highest BCUT2D eigenvalue weighted by molar-refractivity contribution is 6.13. The lowest BCUT2D eigenvalue weighted by molar-refractivity contribution is 0.670. The second-order valence-corrected chi connectivity index (χ2v) is 14.0. The highest BCUT2D eigenvalue weighted by Crippen LogP contribution is 2.39. The molecular formula is C51H32N4O. The van der Waals surface area contributed by atoms with Gasteiger partial charge in [0.1, 0.15) is 11.2 Å². The van der Waals surface area contributed by atoms with Crippen molar-refractivity contribution in [3.05, 3.63) is 194 Å². The third-order valence-corrected chi connectivity index (χ3v) is 10.7. The summed E-state index contributed by atoms with van der Waals surface area (Å²) in [5.41, 5.74) is 12.4. The number of benzene rings is 8. The summed E-state index contributed by atoms with van der Waals surface area (Å²) in [7, 11) is 0. The van der Waals surface area contributed by atoms with E-state index >= 15 is 0 Å². The van der Waals surface area contributed by atoms with Crippen molar-refractivity contribution < 1.29 is 4.42 Å². The maximum absolute atomic E-state index is 6.45. The van der Waals surface area contributed by atoms with Gasteiger partial charge in [0, 0.05) is 49.5 Å². The molecule has 5 heteroatoms. The van der Waals surface area contributed by atoms with Crippen LogP contribution in [0.1, 0.15) is 0 Å². The Morgan fingerprint density at radius 1 is 0.339 bits per heavy atom. The average Bonchev–Trinajstić information content (AvgIpc) is 3.83. The van der Waals surface area contributed by atoms with E-state index in [4.69, 9.17) is 19.4 Å². The Bertz CT molecular complexity index is 3220. The Balaban J connectivity index is 1.02. The van der Waals surface area contributed by atoms with Crippen LogP contribution in [-0.2, 0) is 0 Å². The first-order valence-electron chi connectivity index (χ1n) is 18.8. The van der Waals surface area contributed by atoms with Gasteiger partial charge in [-0.2, -0.15) is 0 Å². The van der Waals surface area contributed by atoms with Gasteiger partial charge in [0.2, 0.25) is 0 Å². The SMILES string of the molecule is c1ccc(-c2ccc(-c3nc(-c4ccccc4)nc(-c4ccc(-n5c6ccccc6c6ccc(-c7cccc8c7oc7ccccc78)cc65)cc4)n3)cc2)cc1. The Labute approximate surface area is 322 Å². The molecule has 0 fully saturated rings. The Morgan fingerprint density at radius 3 is 1.55 bits per heavy atom. The van der Waals surface area contributed by atoms with Gasteiger partial charge >= 0.3 is 0 Å². The van der Waals surface area contributed by atoms with Crippen molar-refractivity contribution in [2.24, 2.45) is 0 Å². The Hall–Kier alpha value is -7.63. The van der Waals surface area contributed by atoms with Gasteiger partial charge in [-0.3, -0.25) is 0 Å².